The Balaban J connectivity index is 3.19. The van der Waals surface area contributed by atoms with E-state index >= 15 is 0 Å². The van der Waals surface area contributed by atoms with Crippen LogP contribution in [0.3, 0.4) is 0 Å². The molecule has 5 heteroatoms. The van der Waals surface area contributed by atoms with Crippen LogP contribution < -0.4 is 0 Å². The van der Waals surface area contributed by atoms with E-state index in [1.807, 2.05) is 6.07 Å². The first-order valence-electron chi connectivity index (χ1n) is 5.64. The zero-order valence-corrected chi connectivity index (χ0v) is 11.1. The number of esters is 2. The Morgan fingerprint density at radius 1 is 1.21 bits per heavy atom. The van der Waals surface area contributed by atoms with E-state index in [-0.39, 0.29) is 6.42 Å². The highest BCUT2D eigenvalue weighted by atomic mass is 16.5. The van der Waals surface area contributed by atoms with Crippen molar-refractivity contribution in [1.82, 2.24) is 0 Å². The zero-order chi connectivity index (χ0) is 14.5. The van der Waals surface area contributed by atoms with Crippen molar-refractivity contribution in [2.24, 2.45) is 5.41 Å². The second-order valence-corrected chi connectivity index (χ2v) is 4.26. The molecule has 0 aromatic heterocycles. The molecule has 0 heterocycles. The zero-order valence-electron chi connectivity index (χ0n) is 11.1. The normalized spacial score (nSPS) is 10.4. The molecule has 5 nitrogen and oxygen atoms in total. The highest BCUT2D eigenvalue weighted by molar-refractivity contribution is 5.99. The molecule has 1 aromatic carbocycles. The van der Waals surface area contributed by atoms with Crippen LogP contribution in [0.15, 0.2) is 24.3 Å². The van der Waals surface area contributed by atoms with Gasteiger partial charge in [0.1, 0.15) is 0 Å². The molecule has 0 saturated heterocycles. The van der Waals surface area contributed by atoms with Crippen LogP contribution in [0.25, 0.3) is 0 Å². The van der Waals surface area contributed by atoms with Crippen molar-refractivity contribution in [2.45, 2.75) is 13.3 Å². The Morgan fingerprint density at radius 2 is 1.74 bits per heavy atom. The molecular formula is C14H15NO4. The fraction of sp³-hybridized carbons (Fsp3) is 0.357. The smallest absolute Gasteiger partial charge is 0.323 e. The molecule has 1 aromatic rings. The summed E-state index contributed by atoms with van der Waals surface area (Å²) >= 11 is 0. The predicted molar refractivity (Wildman–Crippen MR) is 67.0 cm³/mol. The van der Waals surface area contributed by atoms with Crippen LogP contribution in [0, 0.1) is 16.7 Å². The van der Waals surface area contributed by atoms with Gasteiger partial charge in [-0.2, -0.15) is 5.26 Å². The summed E-state index contributed by atoms with van der Waals surface area (Å²) in [6.45, 7) is 1.44. The van der Waals surface area contributed by atoms with E-state index in [4.69, 9.17) is 5.26 Å². The molecule has 0 unspecified atom stereocenters. The third kappa shape index (κ3) is 2.91. The van der Waals surface area contributed by atoms with Gasteiger partial charge in [-0.15, -0.1) is 0 Å². The molecule has 0 saturated carbocycles. The summed E-state index contributed by atoms with van der Waals surface area (Å²) in [5.74, 6) is -1.38. The minimum Gasteiger partial charge on any atom is -0.468 e. The average molecular weight is 261 g/mol. The largest absolute Gasteiger partial charge is 0.468 e. The van der Waals surface area contributed by atoms with Crippen LogP contribution in [-0.2, 0) is 25.5 Å². The van der Waals surface area contributed by atoms with E-state index in [1.165, 1.54) is 21.1 Å². The second-order valence-electron chi connectivity index (χ2n) is 4.26. The summed E-state index contributed by atoms with van der Waals surface area (Å²) in [4.78, 5) is 23.7. The fourth-order valence-electron chi connectivity index (χ4n) is 1.84. The van der Waals surface area contributed by atoms with Gasteiger partial charge in [0.2, 0.25) is 0 Å². The molecule has 0 fully saturated rings. The van der Waals surface area contributed by atoms with Gasteiger partial charge < -0.3 is 9.47 Å². The van der Waals surface area contributed by atoms with Gasteiger partial charge in [-0.1, -0.05) is 18.2 Å². The van der Waals surface area contributed by atoms with Crippen LogP contribution >= 0.6 is 0 Å². The molecule has 0 radical (unpaired) electrons. The van der Waals surface area contributed by atoms with Crippen molar-refractivity contribution in [3.63, 3.8) is 0 Å². The topological polar surface area (TPSA) is 76.4 Å². The molecule has 100 valence electrons. The number of rotatable bonds is 4. The molecule has 19 heavy (non-hydrogen) atoms. The Morgan fingerprint density at radius 3 is 2.21 bits per heavy atom. The molecule has 0 amide bonds. The van der Waals surface area contributed by atoms with Gasteiger partial charge in [0.05, 0.1) is 25.9 Å². The van der Waals surface area contributed by atoms with Gasteiger partial charge in [0.15, 0.2) is 5.41 Å². The van der Waals surface area contributed by atoms with Gasteiger partial charge in [-0.25, -0.2) is 0 Å². The first kappa shape index (κ1) is 14.7. The lowest BCUT2D eigenvalue weighted by atomic mass is 9.82. The van der Waals surface area contributed by atoms with E-state index in [2.05, 4.69) is 9.47 Å². The number of methoxy groups -OCH3 is 2. The van der Waals surface area contributed by atoms with E-state index in [0.717, 1.165) is 0 Å². The quantitative estimate of drug-likeness (QED) is 0.605. The number of carbonyl (C=O) groups is 2. The van der Waals surface area contributed by atoms with Crippen LogP contribution in [-0.4, -0.2) is 26.2 Å². The average Bonchev–Trinajstić information content (AvgIpc) is 2.45. The van der Waals surface area contributed by atoms with Crippen LogP contribution in [0.1, 0.15) is 18.1 Å². The summed E-state index contributed by atoms with van der Waals surface area (Å²) < 4.78 is 9.32. The van der Waals surface area contributed by atoms with Crippen molar-refractivity contribution in [3.8, 4) is 6.07 Å². The minimum absolute atomic E-state index is 0.0517. The van der Waals surface area contributed by atoms with Crippen molar-refractivity contribution >= 4 is 11.9 Å². The van der Waals surface area contributed by atoms with E-state index in [0.29, 0.717) is 11.1 Å². The molecular weight excluding hydrogens is 246 g/mol. The minimum atomic E-state index is -1.46. The Labute approximate surface area is 111 Å². The van der Waals surface area contributed by atoms with Gasteiger partial charge in [-0.3, -0.25) is 9.59 Å². The highest BCUT2D eigenvalue weighted by Gasteiger charge is 2.44. The lowest BCUT2D eigenvalue weighted by Gasteiger charge is -2.24. The summed E-state index contributed by atoms with van der Waals surface area (Å²) in [7, 11) is 2.42. The number of hydrogen-bond acceptors (Lipinski definition) is 5. The van der Waals surface area contributed by atoms with Crippen LogP contribution in [0.5, 0.6) is 0 Å². The van der Waals surface area contributed by atoms with Crippen molar-refractivity contribution < 1.29 is 19.1 Å². The van der Waals surface area contributed by atoms with Crippen molar-refractivity contribution in [1.29, 1.82) is 5.26 Å². The molecule has 1 rings (SSSR count). The molecule has 0 atom stereocenters. The first-order valence-corrected chi connectivity index (χ1v) is 5.64. The molecule has 0 aliphatic heterocycles. The number of nitrogens with zero attached hydrogens (tertiary/aromatic N) is 1. The highest BCUT2D eigenvalue weighted by Crippen LogP contribution is 2.27. The van der Waals surface area contributed by atoms with Gasteiger partial charge >= 0.3 is 11.9 Å². The molecule has 0 aliphatic rings. The maximum atomic E-state index is 11.8. The lowest BCUT2D eigenvalue weighted by molar-refractivity contribution is -0.167. The van der Waals surface area contributed by atoms with Crippen molar-refractivity contribution in [3.05, 3.63) is 35.4 Å². The summed E-state index contributed by atoms with van der Waals surface area (Å²) in [5.41, 5.74) is -0.443. The maximum absolute atomic E-state index is 11.8. The fourth-order valence-corrected chi connectivity index (χ4v) is 1.84. The Bertz CT molecular complexity index is 514. The summed E-state index contributed by atoms with van der Waals surface area (Å²) in [5, 5.41) is 9.02. The van der Waals surface area contributed by atoms with Crippen molar-refractivity contribution in [2.75, 3.05) is 14.2 Å². The molecule has 0 N–H and O–H groups in total. The maximum Gasteiger partial charge on any atom is 0.323 e. The van der Waals surface area contributed by atoms with Crippen LogP contribution in [0.4, 0.5) is 0 Å². The van der Waals surface area contributed by atoms with Crippen LogP contribution in [0.2, 0.25) is 0 Å². The van der Waals surface area contributed by atoms with E-state index in [9.17, 15) is 9.59 Å². The lowest BCUT2D eigenvalue weighted by Crippen LogP contribution is -2.40. The Hall–Kier alpha value is -2.35. The first-order chi connectivity index (χ1) is 8.99. The monoisotopic (exact) mass is 261 g/mol. The Kier molecular flexibility index (Phi) is 4.65. The number of benzene rings is 1. The summed E-state index contributed by atoms with van der Waals surface area (Å²) in [6, 6.07) is 8.81. The third-order valence-corrected chi connectivity index (χ3v) is 2.95. The SMILES string of the molecule is COC(=O)C(C)(Cc1ccccc1C#N)C(=O)OC. The number of ether oxygens (including phenoxy) is 2. The molecule has 0 aliphatic carbocycles. The van der Waals surface area contributed by atoms with E-state index < -0.39 is 17.4 Å². The third-order valence-electron chi connectivity index (χ3n) is 2.95. The number of carbonyl (C=O) groups excluding carboxylic acids is 2. The second kappa shape index (κ2) is 6.01. The van der Waals surface area contributed by atoms with Gasteiger partial charge in [-0.05, 0) is 18.6 Å². The molecule has 0 spiro atoms. The number of nitriles is 1. The standard InChI is InChI=1S/C14H15NO4/c1-14(12(16)18-2,13(17)19-3)8-10-6-4-5-7-11(10)9-15/h4-7H,8H2,1-3H3. The summed E-state index contributed by atoms with van der Waals surface area (Å²) in [6.07, 6.45) is 0.0517. The number of hydrogen-bond donors (Lipinski definition) is 0. The van der Waals surface area contributed by atoms with E-state index in [1.54, 1.807) is 24.3 Å². The molecule has 0 bridgehead atoms. The van der Waals surface area contributed by atoms with Gasteiger partial charge in [0.25, 0.3) is 0 Å². The van der Waals surface area contributed by atoms with Gasteiger partial charge in [0, 0.05) is 6.42 Å². The predicted octanol–water partition coefficient (Wildman–Crippen LogP) is 1.45.